The van der Waals surface area contributed by atoms with E-state index in [1.54, 1.807) is 29.5 Å². The second-order valence-corrected chi connectivity index (χ2v) is 5.96. The zero-order chi connectivity index (χ0) is 12.5. The number of rotatable bonds is 4. The normalized spacial score (nSPS) is 16.6. The van der Waals surface area contributed by atoms with Crippen molar-refractivity contribution in [2.24, 2.45) is 5.92 Å². The number of halogens is 2. The highest BCUT2D eigenvalue weighted by molar-refractivity contribution is 7.10. The van der Waals surface area contributed by atoms with E-state index in [0.717, 1.165) is 0 Å². The molecule has 1 nitrogen and oxygen atoms in total. The highest BCUT2D eigenvalue weighted by atomic mass is 35.5. The highest BCUT2D eigenvalue weighted by Gasteiger charge is 2.33. The van der Waals surface area contributed by atoms with Crippen molar-refractivity contribution in [2.45, 2.75) is 18.9 Å². The van der Waals surface area contributed by atoms with Crippen molar-refractivity contribution >= 4 is 28.6 Å². The van der Waals surface area contributed by atoms with E-state index in [0.29, 0.717) is 11.6 Å². The standard InChI is InChI=1S/C14H13ClFNS/c15-10-3-1-4-11(13(10)16)17-14(9-6-7-9)12-5-2-8-18-12/h1-5,8-9,14,17H,6-7H2. The molecular formula is C14H13ClFNS. The van der Waals surface area contributed by atoms with Gasteiger partial charge in [0.15, 0.2) is 5.82 Å². The van der Waals surface area contributed by atoms with Gasteiger partial charge >= 0.3 is 0 Å². The quantitative estimate of drug-likeness (QED) is 0.822. The van der Waals surface area contributed by atoms with Crippen molar-refractivity contribution in [1.29, 1.82) is 0 Å². The molecule has 0 amide bonds. The van der Waals surface area contributed by atoms with Gasteiger partial charge < -0.3 is 5.32 Å². The van der Waals surface area contributed by atoms with Crippen LogP contribution < -0.4 is 5.32 Å². The van der Waals surface area contributed by atoms with Gasteiger partial charge in [-0.3, -0.25) is 0 Å². The van der Waals surface area contributed by atoms with Crippen molar-refractivity contribution in [2.75, 3.05) is 5.32 Å². The maximum Gasteiger partial charge on any atom is 0.164 e. The molecule has 94 valence electrons. The molecule has 0 saturated heterocycles. The molecule has 2 aromatic rings. The smallest absolute Gasteiger partial charge is 0.164 e. The summed E-state index contributed by atoms with van der Waals surface area (Å²) in [5, 5.41) is 5.53. The maximum atomic E-state index is 13.9. The Labute approximate surface area is 115 Å². The predicted octanol–water partition coefficient (Wildman–Crippen LogP) is 5.10. The zero-order valence-corrected chi connectivity index (χ0v) is 11.3. The lowest BCUT2D eigenvalue weighted by molar-refractivity contribution is 0.619. The second kappa shape index (κ2) is 4.90. The van der Waals surface area contributed by atoms with Crippen LogP contribution in [0.1, 0.15) is 23.8 Å². The summed E-state index contributed by atoms with van der Waals surface area (Å²) < 4.78 is 13.9. The van der Waals surface area contributed by atoms with Crippen molar-refractivity contribution in [3.63, 3.8) is 0 Å². The Hall–Kier alpha value is -1.06. The lowest BCUT2D eigenvalue weighted by Crippen LogP contribution is -2.12. The van der Waals surface area contributed by atoms with E-state index in [1.165, 1.54) is 17.7 Å². The second-order valence-electron chi connectivity index (χ2n) is 4.58. The molecular weight excluding hydrogens is 269 g/mol. The van der Waals surface area contributed by atoms with E-state index < -0.39 is 0 Å². The number of hydrogen-bond acceptors (Lipinski definition) is 2. The van der Waals surface area contributed by atoms with Crippen molar-refractivity contribution < 1.29 is 4.39 Å². The maximum absolute atomic E-state index is 13.9. The van der Waals surface area contributed by atoms with Gasteiger partial charge in [0.25, 0.3) is 0 Å². The van der Waals surface area contributed by atoms with Crippen LogP contribution in [0.25, 0.3) is 0 Å². The molecule has 1 aliphatic carbocycles. The highest BCUT2D eigenvalue weighted by Crippen LogP contribution is 2.44. The summed E-state index contributed by atoms with van der Waals surface area (Å²) in [6.07, 6.45) is 2.41. The number of thiophene rings is 1. The van der Waals surface area contributed by atoms with Crippen LogP contribution >= 0.6 is 22.9 Å². The Morgan fingerprint density at radius 2 is 2.11 bits per heavy atom. The molecule has 1 aliphatic rings. The molecule has 3 rings (SSSR count). The number of nitrogens with one attached hydrogen (secondary N) is 1. The molecule has 0 aliphatic heterocycles. The molecule has 18 heavy (non-hydrogen) atoms. The predicted molar refractivity (Wildman–Crippen MR) is 74.8 cm³/mol. The molecule has 1 N–H and O–H groups in total. The van der Waals surface area contributed by atoms with Gasteiger partial charge in [-0.1, -0.05) is 23.7 Å². The van der Waals surface area contributed by atoms with Gasteiger partial charge in [-0.25, -0.2) is 4.39 Å². The van der Waals surface area contributed by atoms with E-state index in [2.05, 4.69) is 16.8 Å². The van der Waals surface area contributed by atoms with Crippen molar-refractivity contribution in [3.8, 4) is 0 Å². The first-order chi connectivity index (χ1) is 8.75. The molecule has 1 atom stereocenters. The summed E-state index contributed by atoms with van der Waals surface area (Å²) in [6, 6.07) is 9.42. The Morgan fingerprint density at radius 3 is 2.78 bits per heavy atom. The summed E-state index contributed by atoms with van der Waals surface area (Å²) >= 11 is 7.52. The fraction of sp³-hybridized carbons (Fsp3) is 0.286. The third kappa shape index (κ3) is 2.38. The van der Waals surface area contributed by atoms with E-state index in [1.807, 2.05) is 6.07 Å². The molecule has 1 saturated carbocycles. The first kappa shape index (κ1) is 12.0. The Kier molecular flexibility index (Phi) is 3.27. The number of benzene rings is 1. The Morgan fingerprint density at radius 1 is 1.28 bits per heavy atom. The minimum absolute atomic E-state index is 0.167. The van der Waals surface area contributed by atoms with E-state index in [4.69, 9.17) is 11.6 Å². The van der Waals surface area contributed by atoms with Gasteiger partial charge in [-0.2, -0.15) is 0 Å². The molecule has 1 unspecified atom stereocenters. The van der Waals surface area contributed by atoms with E-state index in [-0.39, 0.29) is 16.9 Å². The monoisotopic (exact) mass is 281 g/mol. The van der Waals surface area contributed by atoms with Gasteiger partial charge in [0.2, 0.25) is 0 Å². The van der Waals surface area contributed by atoms with Crippen molar-refractivity contribution in [1.82, 2.24) is 0 Å². The third-order valence-corrected chi connectivity index (χ3v) is 4.45. The van der Waals surface area contributed by atoms with E-state index >= 15 is 0 Å². The summed E-state index contributed by atoms with van der Waals surface area (Å²) in [5.74, 6) is 0.253. The summed E-state index contributed by atoms with van der Waals surface area (Å²) in [7, 11) is 0. The lowest BCUT2D eigenvalue weighted by Gasteiger charge is -2.19. The lowest BCUT2D eigenvalue weighted by atomic mass is 10.1. The largest absolute Gasteiger partial charge is 0.375 e. The zero-order valence-electron chi connectivity index (χ0n) is 9.70. The number of hydrogen-bond donors (Lipinski definition) is 1. The van der Waals surface area contributed by atoms with E-state index in [9.17, 15) is 4.39 Å². The fourth-order valence-corrected chi connectivity index (χ4v) is 3.15. The van der Waals surface area contributed by atoms with Crippen LogP contribution in [-0.2, 0) is 0 Å². The van der Waals surface area contributed by atoms with Crippen LogP contribution in [0.15, 0.2) is 35.7 Å². The third-order valence-electron chi connectivity index (χ3n) is 3.21. The van der Waals surface area contributed by atoms with Crippen LogP contribution in [-0.4, -0.2) is 0 Å². The molecule has 1 aromatic carbocycles. The molecule has 4 heteroatoms. The van der Waals surface area contributed by atoms with Crippen molar-refractivity contribution in [3.05, 3.63) is 51.4 Å². The van der Waals surface area contributed by atoms with Crippen LogP contribution in [0.2, 0.25) is 5.02 Å². The topological polar surface area (TPSA) is 12.0 Å². The Bertz CT molecular complexity index is 537. The van der Waals surface area contributed by atoms with Gasteiger partial charge in [-0.15, -0.1) is 11.3 Å². The molecule has 1 heterocycles. The average molecular weight is 282 g/mol. The van der Waals surface area contributed by atoms with Gasteiger partial charge in [-0.05, 0) is 42.3 Å². The Balaban J connectivity index is 1.87. The van der Waals surface area contributed by atoms with Crippen LogP contribution in [0.5, 0.6) is 0 Å². The van der Waals surface area contributed by atoms with Crippen LogP contribution in [0.4, 0.5) is 10.1 Å². The average Bonchev–Trinajstić information content (AvgIpc) is 3.06. The first-order valence-corrected chi connectivity index (χ1v) is 7.25. The molecule has 0 radical (unpaired) electrons. The SMILES string of the molecule is Fc1c(Cl)cccc1NC(c1cccs1)C1CC1. The van der Waals surface area contributed by atoms with Gasteiger partial charge in [0.1, 0.15) is 0 Å². The molecule has 1 aromatic heterocycles. The summed E-state index contributed by atoms with van der Waals surface area (Å²) in [4.78, 5) is 1.26. The van der Waals surface area contributed by atoms with Crippen LogP contribution in [0.3, 0.4) is 0 Å². The molecule has 1 fully saturated rings. The molecule has 0 bridgehead atoms. The first-order valence-electron chi connectivity index (χ1n) is 5.99. The number of anilines is 1. The summed E-state index contributed by atoms with van der Waals surface area (Å²) in [5.41, 5.74) is 0.493. The van der Waals surface area contributed by atoms with Crippen LogP contribution in [0, 0.1) is 11.7 Å². The molecule has 0 spiro atoms. The van der Waals surface area contributed by atoms with Gasteiger partial charge in [0, 0.05) is 4.88 Å². The minimum atomic E-state index is -0.360. The van der Waals surface area contributed by atoms with Gasteiger partial charge in [0.05, 0.1) is 16.8 Å². The summed E-state index contributed by atoms with van der Waals surface area (Å²) in [6.45, 7) is 0. The minimum Gasteiger partial charge on any atom is -0.375 e. The fourth-order valence-electron chi connectivity index (χ4n) is 2.10.